The lowest BCUT2D eigenvalue weighted by atomic mass is 9.98. The molecule has 0 saturated carbocycles. The van der Waals surface area contributed by atoms with E-state index >= 15 is 0 Å². The summed E-state index contributed by atoms with van der Waals surface area (Å²) in [5.74, 6) is 0.396. The van der Waals surface area contributed by atoms with E-state index in [1.54, 1.807) is 12.1 Å². The SMILES string of the molecule is CC1CCN(c2ccc(C(=O)NCCN3CCNCC3)cc2[N+](=O)[O-])CC1.Cl. The van der Waals surface area contributed by atoms with Crippen molar-refractivity contribution in [3.8, 4) is 0 Å². The maximum atomic E-state index is 12.4. The van der Waals surface area contributed by atoms with Crippen LogP contribution in [0.2, 0.25) is 0 Å². The lowest BCUT2D eigenvalue weighted by molar-refractivity contribution is -0.384. The fourth-order valence-corrected chi connectivity index (χ4v) is 3.69. The van der Waals surface area contributed by atoms with Gasteiger partial charge in [0.2, 0.25) is 0 Å². The fourth-order valence-electron chi connectivity index (χ4n) is 3.69. The van der Waals surface area contributed by atoms with Crippen LogP contribution >= 0.6 is 12.4 Å². The van der Waals surface area contributed by atoms with E-state index in [2.05, 4.69) is 27.4 Å². The number of hydrogen-bond donors (Lipinski definition) is 2. The monoisotopic (exact) mass is 411 g/mol. The zero-order valence-corrected chi connectivity index (χ0v) is 17.2. The number of rotatable bonds is 6. The zero-order chi connectivity index (χ0) is 19.2. The zero-order valence-electron chi connectivity index (χ0n) is 16.4. The number of carbonyl (C=O) groups is 1. The number of piperidine rings is 1. The summed E-state index contributed by atoms with van der Waals surface area (Å²) in [4.78, 5) is 27.9. The molecule has 2 N–H and O–H groups in total. The Labute approximate surface area is 172 Å². The van der Waals surface area contributed by atoms with E-state index in [1.807, 2.05) is 0 Å². The number of nitrogens with zero attached hydrogens (tertiary/aromatic N) is 3. The molecule has 2 fully saturated rings. The highest BCUT2D eigenvalue weighted by molar-refractivity contribution is 5.95. The number of piperazine rings is 1. The number of carbonyl (C=O) groups excluding carboxylic acids is 1. The minimum absolute atomic E-state index is 0. The van der Waals surface area contributed by atoms with Crippen molar-refractivity contribution in [2.45, 2.75) is 19.8 Å². The second kappa shape index (κ2) is 10.6. The Bertz CT molecular complexity index is 674. The van der Waals surface area contributed by atoms with E-state index in [9.17, 15) is 14.9 Å². The van der Waals surface area contributed by atoms with Crippen LogP contribution in [-0.4, -0.2) is 68.1 Å². The van der Waals surface area contributed by atoms with E-state index in [4.69, 9.17) is 0 Å². The van der Waals surface area contributed by atoms with Gasteiger partial charge < -0.3 is 15.5 Å². The molecule has 0 atom stereocenters. The first-order chi connectivity index (χ1) is 13.0. The summed E-state index contributed by atoms with van der Waals surface area (Å²) >= 11 is 0. The molecule has 0 radical (unpaired) electrons. The van der Waals surface area contributed by atoms with Crippen LogP contribution in [0.25, 0.3) is 0 Å². The molecule has 8 nitrogen and oxygen atoms in total. The summed E-state index contributed by atoms with van der Waals surface area (Å²) in [6.07, 6.45) is 2.07. The summed E-state index contributed by atoms with van der Waals surface area (Å²) in [6, 6.07) is 4.83. The summed E-state index contributed by atoms with van der Waals surface area (Å²) in [7, 11) is 0. The molecule has 9 heteroatoms. The average molecular weight is 412 g/mol. The maximum Gasteiger partial charge on any atom is 0.293 e. The Balaban J connectivity index is 0.00000280. The largest absolute Gasteiger partial charge is 0.366 e. The molecule has 1 amide bonds. The molecule has 28 heavy (non-hydrogen) atoms. The van der Waals surface area contributed by atoms with E-state index in [0.29, 0.717) is 23.7 Å². The molecule has 2 aliphatic heterocycles. The summed E-state index contributed by atoms with van der Waals surface area (Å²) in [6.45, 7) is 9.07. The topological polar surface area (TPSA) is 90.8 Å². The van der Waals surface area contributed by atoms with Gasteiger partial charge in [0, 0.05) is 64.0 Å². The second-order valence-electron chi connectivity index (χ2n) is 7.48. The van der Waals surface area contributed by atoms with Gasteiger partial charge in [0.05, 0.1) is 4.92 Å². The van der Waals surface area contributed by atoms with Crippen molar-refractivity contribution in [1.82, 2.24) is 15.5 Å². The average Bonchev–Trinajstić information content (AvgIpc) is 2.69. The first-order valence-corrected chi connectivity index (χ1v) is 9.79. The van der Waals surface area contributed by atoms with Crippen LogP contribution < -0.4 is 15.5 Å². The van der Waals surface area contributed by atoms with Crippen molar-refractivity contribution >= 4 is 29.7 Å². The van der Waals surface area contributed by atoms with Crippen LogP contribution in [-0.2, 0) is 0 Å². The van der Waals surface area contributed by atoms with Gasteiger partial charge in [-0.2, -0.15) is 0 Å². The summed E-state index contributed by atoms with van der Waals surface area (Å²) in [5, 5.41) is 17.7. The van der Waals surface area contributed by atoms with Crippen LogP contribution in [0, 0.1) is 16.0 Å². The van der Waals surface area contributed by atoms with Gasteiger partial charge in [-0.25, -0.2) is 0 Å². The molecule has 3 rings (SSSR count). The van der Waals surface area contributed by atoms with E-state index < -0.39 is 0 Å². The molecule has 0 aliphatic carbocycles. The molecule has 2 heterocycles. The Morgan fingerprint density at radius 1 is 1.25 bits per heavy atom. The fraction of sp³-hybridized carbons (Fsp3) is 0.632. The molecule has 0 bridgehead atoms. The van der Waals surface area contributed by atoms with E-state index in [1.165, 1.54) is 6.07 Å². The van der Waals surface area contributed by atoms with Gasteiger partial charge in [-0.15, -0.1) is 12.4 Å². The quantitative estimate of drug-likeness (QED) is 0.548. The van der Waals surface area contributed by atoms with Gasteiger partial charge in [-0.1, -0.05) is 6.92 Å². The number of nitrogens with one attached hydrogen (secondary N) is 2. The van der Waals surface area contributed by atoms with Gasteiger partial charge in [-0.05, 0) is 30.9 Å². The first kappa shape index (κ1) is 22.4. The van der Waals surface area contributed by atoms with Crippen LogP contribution in [0.5, 0.6) is 0 Å². The minimum Gasteiger partial charge on any atom is -0.366 e. The molecule has 0 spiro atoms. The van der Waals surface area contributed by atoms with Crippen LogP contribution in [0.15, 0.2) is 18.2 Å². The van der Waals surface area contributed by atoms with Crippen LogP contribution in [0.1, 0.15) is 30.1 Å². The molecule has 0 aromatic heterocycles. The van der Waals surface area contributed by atoms with Gasteiger partial charge in [0.1, 0.15) is 5.69 Å². The molecule has 0 unspecified atom stereocenters. The van der Waals surface area contributed by atoms with Crippen molar-refractivity contribution in [3.63, 3.8) is 0 Å². The third-order valence-electron chi connectivity index (χ3n) is 5.48. The molecule has 1 aromatic rings. The second-order valence-corrected chi connectivity index (χ2v) is 7.48. The molecule has 2 saturated heterocycles. The van der Waals surface area contributed by atoms with Gasteiger partial charge in [0.25, 0.3) is 11.6 Å². The molecule has 156 valence electrons. The lowest BCUT2D eigenvalue weighted by Gasteiger charge is -2.31. The van der Waals surface area contributed by atoms with Gasteiger partial charge in [0.15, 0.2) is 0 Å². The number of hydrogen-bond acceptors (Lipinski definition) is 6. The third kappa shape index (κ3) is 5.80. The lowest BCUT2D eigenvalue weighted by Crippen LogP contribution is -2.46. The third-order valence-corrected chi connectivity index (χ3v) is 5.48. The minimum atomic E-state index is -0.384. The number of amides is 1. The Morgan fingerprint density at radius 3 is 2.57 bits per heavy atom. The Kier molecular flexibility index (Phi) is 8.47. The van der Waals surface area contributed by atoms with Crippen molar-refractivity contribution in [3.05, 3.63) is 33.9 Å². The van der Waals surface area contributed by atoms with Crippen molar-refractivity contribution < 1.29 is 9.72 Å². The first-order valence-electron chi connectivity index (χ1n) is 9.79. The molecular weight excluding hydrogens is 382 g/mol. The highest BCUT2D eigenvalue weighted by atomic mass is 35.5. The van der Waals surface area contributed by atoms with Gasteiger partial charge >= 0.3 is 0 Å². The van der Waals surface area contributed by atoms with E-state index in [0.717, 1.165) is 58.7 Å². The van der Waals surface area contributed by atoms with Crippen molar-refractivity contribution in [2.75, 3.05) is 57.3 Å². The number of anilines is 1. The van der Waals surface area contributed by atoms with Crippen LogP contribution in [0.3, 0.4) is 0 Å². The number of benzene rings is 1. The number of nitro groups is 1. The maximum absolute atomic E-state index is 12.4. The predicted octanol–water partition coefficient (Wildman–Crippen LogP) is 1.89. The predicted molar refractivity (Wildman–Crippen MR) is 113 cm³/mol. The highest BCUT2D eigenvalue weighted by Gasteiger charge is 2.24. The molecule has 1 aromatic carbocycles. The number of halogens is 1. The Hall–Kier alpha value is -1.90. The van der Waals surface area contributed by atoms with Gasteiger partial charge in [-0.3, -0.25) is 19.8 Å². The molecular formula is C19H30ClN5O3. The summed E-state index contributed by atoms with van der Waals surface area (Å²) < 4.78 is 0. The van der Waals surface area contributed by atoms with Crippen molar-refractivity contribution in [2.24, 2.45) is 5.92 Å². The van der Waals surface area contributed by atoms with E-state index in [-0.39, 0.29) is 28.9 Å². The van der Waals surface area contributed by atoms with Crippen LogP contribution in [0.4, 0.5) is 11.4 Å². The number of nitro benzene ring substituents is 1. The molecule has 2 aliphatic rings. The Morgan fingerprint density at radius 2 is 1.93 bits per heavy atom. The highest BCUT2D eigenvalue weighted by Crippen LogP contribution is 2.32. The smallest absolute Gasteiger partial charge is 0.293 e. The standard InChI is InChI=1S/C19H29N5O3.ClH/c1-15-4-9-23(10-5-15)17-3-2-16(14-18(17)24(26)27)19(25)21-8-13-22-11-6-20-7-12-22;/h2-3,14-15,20H,4-13H2,1H3,(H,21,25);1H. The van der Waals surface area contributed by atoms with Crippen molar-refractivity contribution in [1.29, 1.82) is 0 Å². The normalized spacial score (nSPS) is 18.4. The summed E-state index contributed by atoms with van der Waals surface area (Å²) in [5.41, 5.74) is 0.972.